The fraction of sp³-hybridized carbons (Fsp3) is 0.538. The molecule has 188 valence electrons. The number of likely N-dealkylation sites (tertiary alicyclic amines) is 1. The number of likely N-dealkylation sites (N-methyl/N-ethyl adjacent to an activating group) is 1. The van der Waals surface area contributed by atoms with Gasteiger partial charge in [-0.1, -0.05) is 36.2 Å². The van der Waals surface area contributed by atoms with Gasteiger partial charge in [-0.2, -0.15) is 0 Å². The van der Waals surface area contributed by atoms with Crippen molar-refractivity contribution in [1.29, 1.82) is 0 Å². The molecule has 34 heavy (non-hydrogen) atoms. The lowest BCUT2D eigenvalue weighted by molar-refractivity contribution is 0.0744. The number of aliphatic hydroxyl groups is 1. The number of halogens is 2. The van der Waals surface area contributed by atoms with Gasteiger partial charge in [0.25, 0.3) is 0 Å². The van der Waals surface area contributed by atoms with E-state index < -0.39 is 6.10 Å². The number of benzene rings is 2. The number of piperidine rings is 1. The minimum atomic E-state index is -0.662. The zero-order valence-electron chi connectivity index (χ0n) is 20.3. The molecule has 0 radical (unpaired) electrons. The maximum Gasteiger partial charge on any atom is 0.161 e. The van der Waals surface area contributed by atoms with Gasteiger partial charge >= 0.3 is 0 Å². The highest BCUT2D eigenvalue weighted by Crippen LogP contribution is 2.29. The lowest BCUT2D eigenvalue weighted by Crippen LogP contribution is -2.35. The Kier molecular flexibility index (Phi) is 10.6. The molecule has 6 nitrogen and oxygen atoms in total. The third-order valence-corrected chi connectivity index (χ3v) is 6.46. The van der Waals surface area contributed by atoms with E-state index in [4.69, 9.17) is 37.4 Å². The van der Waals surface area contributed by atoms with Crippen LogP contribution in [0.5, 0.6) is 17.2 Å². The van der Waals surface area contributed by atoms with Gasteiger partial charge in [0.2, 0.25) is 0 Å². The molecule has 1 saturated heterocycles. The van der Waals surface area contributed by atoms with Crippen LogP contribution in [0, 0.1) is 5.92 Å². The van der Waals surface area contributed by atoms with Crippen molar-refractivity contribution in [2.24, 2.45) is 5.92 Å². The Morgan fingerprint density at radius 3 is 2.44 bits per heavy atom. The Labute approximate surface area is 213 Å². The van der Waals surface area contributed by atoms with Gasteiger partial charge in [0.05, 0.1) is 7.11 Å². The summed E-state index contributed by atoms with van der Waals surface area (Å²) < 4.78 is 17.2. The molecule has 3 rings (SSSR count). The monoisotopic (exact) mass is 510 g/mol. The molecule has 2 aromatic carbocycles. The Balaban J connectivity index is 1.44. The Morgan fingerprint density at radius 2 is 1.76 bits per heavy atom. The maximum atomic E-state index is 10.4. The number of methoxy groups -OCH3 is 1. The fourth-order valence-electron chi connectivity index (χ4n) is 4.09. The quantitative estimate of drug-likeness (QED) is 0.434. The first-order chi connectivity index (χ1) is 16.3. The molecule has 1 aliphatic heterocycles. The van der Waals surface area contributed by atoms with E-state index in [-0.39, 0.29) is 6.61 Å². The molecule has 0 amide bonds. The van der Waals surface area contributed by atoms with Gasteiger partial charge in [0.15, 0.2) is 11.5 Å². The van der Waals surface area contributed by atoms with Crippen LogP contribution < -0.4 is 14.2 Å². The van der Waals surface area contributed by atoms with Gasteiger partial charge in [-0.3, -0.25) is 9.80 Å². The lowest BCUT2D eigenvalue weighted by atomic mass is 9.99. The first-order valence-corrected chi connectivity index (χ1v) is 12.6. The normalized spacial score (nSPS) is 16.0. The molecule has 1 heterocycles. The summed E-state index contributed by atoms with van der Waals surface area (Å²) in [6, 6.07) is 11.0. The van der Waals surface area contributed by atoms with E-state index in [1.807, 2.05) is 30.1 Å². The molecule has 1 N–H and O–H groups in total. The number of aliphatic hydroxyl groups excluding tert-OH is 1. The Morgan fingerprint density at radius 1 is 1.06 bits per heavy atom. The van der Waals surface area contributed by atoms with E-state index in [1.165, 1.54) is 12.8 Å². The Bertz CT molecular complexity index is 886. The summed E-state index contributed by atoms with van der Waals surface area (Å²) in [5.41, 5.74) is 1.08. The summed E-state index contributed by atoms with van der Waals surface area (Å²) in [5.74, 6) is 2.85. The molecule has 2 aromatic rings. The summed E-state index contributed by atoms with van der Waals surface area (Å²) in [7, 11) is 3.61. The van der Waals surface area contributed by atoms with Crippen LogP contribution in [0.2, 0.25) is 10.0 Å². The molecule has 1 aliphatic rings. The third-order valence-electron chi connectivity index (χ3n) is 6.02. The zero-order valence-corrected chi connectivity index (χ0v) is 21.8. The lowest BCUT2D eigenvalue weighted by Gasteiger charge is -2.30. The van der Waals surface area contributed by atoms with E-state index in [1.54, 1.807) is 25.3 Å². The van der Waals surface area contributed by atoms with Crippen LogP contribution in [0.4, 0.5) is 0 Å². The van der Waals surface area contributed by atoms with Crippen LogP contribution in [-0.2, 0) is 6.54 Å². The summed E-state index contributed by atoms with van der Waals surface area (Å²) in [4.78, 5) is 4.50. The number of ether oxygens (including phenoxy) is 3. The molecule has 1 atom stereocenters. The van der Waals surface area contributed by atoms with Gasteiger partial charge < -0.3 is 19.3 Å². The van der Waals surface area contributed by atoms with Crippen LogP contribution >= 0.6 is 23.2 Å². The average Bonchev–Trinajstić information content (AvgIpc) is 2.79. The predicted molar refractivity (Wildman–Crippen MR) is 138 cm³/mol. The molecular weight excluding hydrogens is 475 g/mol. The molecule has 8 heteroatoms. The highest BCUT2D eigenvalue weighted by Gasteiger charge is 2.16. The van der Waals surface area contributed by atoms with Crippen molar-refractivity contribution in [2.75, 3.05) is 53.6 Å². The van der Waals surface area contributed by atoms with Gasteiger partial charge in [0, 0.05) is 29.7 Å². The van der Waals surface area contributed by atoms with Crippen LogP contribution in [0.1, 0.15) is 25.3 Å². The second-order valence-electron chi connectivity index (χ2n) is 9.12. The molecule has 1 unspecified atom stereocenters. The van der Waals surface area contributed by atoms with E-state index in [2.05, 4.69) is 11.8 Å². The van der Waals surface area contributed by atoms with Gasteiger partial charge in [-0.25, -0.2) is 0 Å². The number of hydrogen-bond donors (Lipinski definition) is 1. The molecule has 0 bridgehead atoms. The van der Waals surface area contributed by atoms with Crippen molar-refractivity contribution in [3.05, 3.63) is 52.0 Å². The highest BCUT2D eigenvalue weighted by atomic mass is 35.5. The first-order valence-electron chi connectivity index (χ1n) is 11.8. The largest absolute Gasteiger partial charge is 0.493 e. The molecular formula is C26H36Cl2N2O4. The van der Waals surface area contributed by atoms with E-state index in [9.17, 15) is 5.11 Å². The summed E-state index contributed by atoms with van der Waals surface area (Å²) in [5, 5.41) is 11.4. The average molecular weight is 511 g/mol. The minimum absolute atomic E-state index is 0.146. The topological polar surface area (TPSA) is 54.4 Å². The van der Waals surface area contributed by atoms with Gasteiger partial charge in [0.1, 0.15) is 25.1 Å². The SMILES string of the molecule is COc1cc(CN(C)CC(O)COc2cc(Cl)cc(Cl)c2)ccc1OCCN1CCC(C)CC1. The highest BCUT2D eigenvalue weighted by molar-refractivity contribution is 6.34. The summed E-state index contributed by atoms with van der Waals surface area (Å²) >= 11 is 12.0. The van der Waals surface area contributed by atoms with Crippen LogP contribution in [-0.4, -0.2) is 74.6 Å². The molecule has 0 aromatic heterocycles. The van der Waals surface area contributed by atoms with Crippen molar-refractivity contribution in [2.45, 2.75) is 32.4 Å². The maximum absolute atomic E-state index is 10.4. The smallest absolute Gasteiger partial charge is 0.161 e. The van der Waals surface area contributed by atoms with Gasteiger partial charge in [-0.05, 0) is 74.8 Å². The van der Waals surface area contributed by atoms with Crippen molar-refractivity contribution in [3.63, 3.8) is 0 Å². The molecule has 0 spiro atoms. The van der Waals surface area contributed by atoms with Crippen LogP contribution in [0.3, 0.4) is 0 Å². The second kappa shape index (κ2) is 13.4. The molecule has 0 saturated carbocycles. The van der Waals surface area contributed by atoms with Crippen molar-refractivity contribution in [3.8, 4) is 17.2 Å². The Hall–Kier alpha value is -1.70. The standard InChI is InChI=1S/C26H36Cl2N2O4/c1-19-6-8-30(9-7-19)10-11-33-25-5-4-20(12-26(25)32-3)16-29(2)17-23(31)18-34-24-14-21(27)13-22(28)15-24/h4-5,12-15,19,23,31H,6-11,16-18H2,1-3H3. The summed E-state index contributed by atoms with van der Waals surface area (Å²) in [6.45, 7) is 7.45. The second-order valence-corrected chi connectivity index (χ2v) is 10.00. The van der Waals surface area contributed by atoms with Crippen molar-refractivity contribution in [1.82, 2.24) is 9.80 Å². The van der Waals surface area contributed by atoms with E-state index in [0.717, 1.165) is 42.6 Å². The van der Waals surface area contributed by atoms with Crippen LogP contribution in [0.25, 0.3) is 0 Å². The first kappa shape index (κ1) is 26.9. The van der Waals surface area contributed by atoms with Gasteiger partial charge in [-0.15, -0.1) is 0 Å². The van der Waals surface area contributed by atoms with Crippen molar-refractivity contribution >= 4 is 23.2 Å². The predicted octanol–water partition coefficient (Wildman–Crippen LogP) is 4.98. The molecule has 1 fully saturated rings. The van der Waals surface area contributed by atoms with Crippen LogP contribution in [0.15, 0.2) is 36.4 Å². The third kappa shape index (κ3) is 8.82. The number of hydrogen-bond acceptors (Lipinski definition) is 6. The molecule has 0 aliphatic carbocycles. The van der Waals surface area contributed by atoms with E-state index >= 15 is 0 Å². The summed E-state index contributed by atoms with van der Waals surface area (Å²) in [6.07, 6.45) is 1.87. The fourth-order valence-corrected chi connectivity index (χ4v) is 4.60. The number of nitrogens with zero attached hydrogens (tertiary/aromatic N) is 2. The van der Waals surface area contributed by atoms with Crippen molar-refractivity contribution < 1.29 is 19.3 Å². The number of rotatable bonds is 12. The minimum Gasteiger partial charge on any atom is -0.493 e. The zero-order chi connectivity index (χ0) is 24.5. The van der Waals surface area contributed by atoms with E-state index in [0.29, 0.717) is 35.5 Å².